The monoisotopic (exact) mass is 324 g/mol. The molecule has 0 bridgehead atoms. The molecular formula is C14H13ClN2O3S. The van der Waals surface area contributed by atoms with Crippen molar-refractivity contribution < 1.29 is 9.72 Å². The topological polar surface area (TPSA) is 72.2 Å². The Balaban J connectivity index is 2.03. The fraction of sp³-hybridized carbons (Fsp3) is 0.214. The van der Waals surface area contributed by atoms with Gasteiger partial charge in [0.2, 0.25) is 0 Å². The average molecular weight is 325 g/mol. The molecule has 0 spiro atoms. The number of carbonyl (C=O) groups excluding carboxylic acids is 1. The number of amides is 1. The number of hydrogen-bond acceptors (Lipinski definition) is 4. The van der Waals surface area contributed by atoms with Crippen molar-refractivity contribution in [2.45, 2.75) is 19.4 Å². The summed E-state index contributed by atoms with van der Waals surface area (Å²) < 4.78 is 0. The third kappa shape index (κ3) is 4.03. The highest BCUT2D eigenvalue weighted by atomic mass is 35.5. The summed E-state index contributed by atoms with van der Waals surface area (Å²) in [5.41, 5.74) is 0.100. The highest BCUT2D eigenvalue weighted by molar-refractivity contribution is 7.09. The first-order valence-electron chi connectivity index (χ1n) is 6.24. The second-order valence-corrected chi connectivity index (χ2v) is 6.02. The maximum Gasteiger partial charge on any atom is 0.287 e. The van der Waals surface area contributed by atoms with Crippen LogP contribution in [0.25, 0.3) is 0 Å². The number of nitrogens with zero attached hydrogens (tertiary/aromatic N) is 1. The van der Waals surface area contributed by atoms with Crippen LogP contribution in [0.1, 0.15) is 22.2 Å². The van der Waals surface area contributed by atoms with Crippen molar-refractivity contribution in [3.8, 4) is 0 Å². The van der Waals surface area contributed by atoms with Crippen molar-refractivity contribution in [3.05, 3.63) is 61.3 Å². The van der Waals surface area contributed by atoms with E-state index in [4.69, 9.17) is 11.6 Å². The van der Waals surface area contributed by atoms with E-state index in [1.165, 1.54) is 23.1 Å². The normalized spacial score (nSPS) is 11.9. The second-order valence-electron chi connectivity index (χ2n) is 4.58. The van der Waals surface area contributed by atoms with Crippen LogP contribution in [0.15, 0.2) is 35.7 Å². The van der Waals surface area contributed by atoms with Crippen molar-refractivity contribution in [2.24, 2.45) is 0 Å². The Morgan fingerprint density at radius 3 is 2.81 bits per heavy atom. The zero-order valence-corrected chi connectivity index (χ0v) is 12.8. The van der Waals surface area contributed by atoms with Gasteiger partial charge in [-0.2, -0.15) is 0 Å². The smallest absolute Gasteiger partial charge is 0.287 e. The van der Waals surface area contributed by atoms with Crippen LogP contribution in [0.2, 0.25) is 5.02 Å². The van der Waals surface area contributed by atoms with Crippen LogP contribution in [-0.4, -0.2) is 16.9 Å². The summed E-state index contributed by atoms with van der Waals surface area (Å²) in [5.74, 6) is -0.296. The molecule has 1 aromatic carbocycles. The van der Waals surface area contributed by atoms with Crippen molar-refractivity contribution in [1.82, 2.24) is 5.32 Å². The predicted molar refractivity (Wildman–Crippen MR) is 83.1 cm³/mol. The van der Waals surface area contributed by atoms with E-state index in [1.54, 1.807) is 11.3 Å². The van der Waals surface area contributed by atoms with Crippen LogP contribution in [-0.2, 0) is 6.42 Å². The number of hydrogen-bond donors (Lipinski definition) is 1. The van der Waals surface area contributed by atoms with E-state index in [2.05, 4.69) is 5.32 Å². The Morgan fingerprint density at radius 2 is 2.24 bits per heavy atom. The lowest BCUT2D eigenvalue weighted by Crippen LogP contribution is -2.33. The minimum Gasteiger partial charge on any atom is -0.349 e. The largest absolute Gasteiger partial charge is 0.349 e. The molecule has 1 atom stereocenters. The van der Waals surface area contributed by atoms with E-state index in [0.717, 1.165) is 6.42 Å². The Morgan fingerprint density at radius 1 is 1.48 bits per heavy atom. The Bertz CT molecular complexity index is 658. The van der Waals surface area contributed by atoms with Crippen molar-refractivity contribution in [2.75, 3.05) is 0 Å². The van der Waals surface area contributed by atoms with E-state index < -0.39 is 4.92 Å². The SMILES string of the molecule is CC(Cc1cccs1)NC(=O)c1ccc([N+](=O)[O-])c(Cl)c1. The van der Waals surface area contributed by atoms with E-state index in [1.807, 2.05) is 24.4 Å². The molecule has 1 heterocycles. The molecule has 0 aliphatic carbocycles. The number of rotatable bonds is 5. The summed E-state index contributed by atoms with van der Waals surface area (Å²) in [7, 11) is 0. The van der Waals surface area contributed by atoms with Gasteiger partial charge in [0.25, 0.3) is 11.6 Å². The molecular weight excluding hydrogens is 312 g/mol. The molecule has 0 radical (unpaired) electrons. The quantitative estimate of drug-likeness (QED) is 0.673. The summed E-state index contributed by atoms with van der Waals surface area (Å²) >= 11 is 7.43. The Kier molecular flexibility index (Phi) is 4.93. The lowest BCUT2D eigenvalue weighted by molar-refractivity contribution is -0.384. The molecule has 1 N–H and O–H groups in total. The first kappa shape index (κ1) is 15.5. The lowest BCUT2D eigenvalue weighted by atomic mass is 10.1. The third-order valence-corrected chi connectivity index (χ3v) is 4.07. The standard InChI is InChI=1S/C14H13ClN2O3S/c1-9(7-11-3-2-6-21-11)16-14(18)10-4-5-13(17(19)20)12(15)8-10/h2-6,8-9H,7H2,1H3,(H,16,18). The second kappa shape index (κ2) is 6.69. The molecule has 1 unspecified atom stereocenters. The number of nitro benzene ring substituents is 1. The molecule has 0 aliphatic heterocycles. The van der Waals surface area contributed by atoms with Crippen LogP contribution in [0.5, 0.6) is 0 Å². The van der Waals surface area contributed by atoms with Crippen LogP contribution in [0.3, 0.4) is 0 Å². The highest BCUT2D eigenvalue weighted by Gasteiger charge is 2.16. The van der Waals surface area contributed by atoms with Gasteiger partial charge in [0.05, 0.1) is 4.92 Å². The molecule has 1 amide bonds. The summed E-state index contributed by atoms with van der Waals surface area (Å²) in [5, 5.41) is 15.5. The molecule has 0 aliphatic rings. The minimum atomic E-state index is -0.580. The molecule has 0 saturated carbocycles. The van der Waals surface area contributed by atoms with Gasteiger partial charge in [0.15, 0.2) is 0 Å². The van der Waals surface area contributed by atoms with E-state index >= 15 is 0 Å². The third-order valence-electron chi connectivity index (χ3n) is 2.87. The van der Waals surface area contributed by atoms with E-state index in [-0.39, 0.29) is 22.7 Å². The van der Waals surface area contributed by atoms with Gasteiger partial charge in [0.1, 0.15) is 5.02 Å². The van der Waals surface area contributed by atoms with Crippen molar-refractivity contribution in [1.29, 1.82) is 0 Å². The summed E-state index contributed by atoms with van der Waals surface area (Å²) in [6.45, 7) is 1.91. The Labute approximate surface area is 130 Å². The number of thiophene rings is 1. The number of benzene rings is 1. The fourth-order valence-corrected chi connectivity index (χ4v) is 2.97. The summed E-state index contributed by atoms with van der Waals surface area (Å²) in [6, 6.07) is 7.89. The number of nitro groups is 1. The van der Waals surface area contributed by atoms with E-state index in [0.29, 0.717) is 5.56 Å². The molecule has 1 aromatic heterocycles. The first-order valence-corrected chi connectivity index (χ1v) is 7.50. The number of halogens is 1. The van der Waals surface area contributed by atoms with Gasteiger partial charge in [-0.3, -0.25) is 14.9 Å². The molecule has 0 fully saturated rings. The molecule has 110 valence electrons. The minimum absolute atomic E-state index is 0.0369. The number of carbonyl (C=O) groups is 1. The number of nitrogens with one attached hydrogen (secondary N) is 1. The van der Waals surface area contributed by atoms with Crippen LogP contribution in [0, 0.1) is 10.1 Å². The van der Waals surface area contributed by atoms with Gasteiger partial charge in [-0.1, -0.05) is 17.7 Å². The summed E-state index contributed by atoms with van der Waals surface area (Å²) in [4.78, 5) is 23.4. The predicted octanol–water partition coefficient (Wildman–Crippen LogP) is 3.67. The van der Waals surface area contributed by atoms with Gasteiger partial charge in [-0.15, -0.1) is 11.3 Å². The van der Waals surface area contributed by atoms with Crippen LogP contribution in [0.4, 0.5) is 5.69 Å². The van der Waals surface area contributed by atoms with E-state index in [9.17, 15) is 14.9 Å². The molecule has 2 aromatic rings. The van der Waals surface area contributed by atoms with Crippen LogP contribution < -0.4 is 5.32 Å². The maximum atomic E-state index is 12.1. The zero-order valence-electron chi connectivity index (χ0n) is 11.2. The fourth-order valence-electron chi connectivity index (χ4n) is 1.88. The van der Waals surface area contributed by atoms with Gasteiger partial charge >= 0.3 is 0 Å². The van der Waals surface area contributed by atoms with Gasteiger partial charge in [-0.25, -0.2) is 0 Å². The molecule has 5 nitrogen and oxygen atoms in total. The Hall–Kier alpha value is -1.92. The van der Waals surface area contributed by atoms with Gasteiger partial charge in [-0.05, 0) is 30.5 Å². The van der Waals surface area contributed by atoms with Gasteiger partial charge < -0.3 is 5.32 Å². The maximum absolute atomic E-state index is 12.1. The molecule has 21 heavy (non-hydrogen) atoms. The average Bonchev–Trinajstić information content (AvgIpc) is 2.90. The molecule has 7 heteroatoms. The highest BCUT2D eigenvalue weighted by Crippen LogP contribution is 2.25. The molecule has 2 rings (SSSR count). The van der Waals surface area contributed by atoms with Crippen molar-refractivity contribution in [3.63, 3.8) is 0 Å². The zero-order chi connectivity index (χ0) is 15.4. The van der Waals surface area contributed by atoms with Gasteiger partial charge in [0, 0.05) is 29.0 Å². The first-order chi connectivity index (χ1) is 9.97. The lowest BCUT2D eigenvalue weighted by Gasteiger charge is -2.13. The summed E-state index contributed by atoms with van der Waals surface area (Å²) in [6.07, 6.45) is 0.740. The van der Waals surface area contributed by atoms with Crippen molar-refractivity contribution >= 4 is 34.5 Å². The molecule has 0 saturated heterocycles. The van der Waals surface area contributed by atoms with Crippen LogP contribution >= 0.6 is 22.9 Å².